The monoisotopic (exact) mass is 240 g/mol. The summed E-state index contributed by atoms with van der Waals surface area (Å²) < 4.78 is 6.15. The average molecular weight is 240 g/mol. The Morgan fingerprint density at radius 3 is 2.35 bits per heavy atom. The van der Waals surface area contributed by atoms with Crippen LogP contribution in [0.5, 0.6) is 0 Å². The molecular weight excluding hydrogens is 212 g/mol. The van der Waals surface area contributed by atoms with E-state index in [9.17, 15) is 0 Å². The summed E-state index contributed by atoms with van der Waals surface area (Å²) in [7, 11) is 0. The molecule has 0 saturated heterocycles. The molecule has 17 heavy (non-hydrogen) atoms. The highest BCUT2D eigenvalue weighted by atomic mass is 16.5. The van der Waals surface area contributed by atoms with Gasteiger partial charge < -0.3 is 4.74 Å². The summed E-state index contributed by atoms with van der Waals surface area (Å²) in [5.41, 5.74) is 3.15. The molecule has 0 aromatic rings. The molecule has 3 nitrogen and oxygen atoms in total. The lowest BCUT2D eigenvalue weighted by molar-refractivity contribution is -0.0790. The van der Waals surface area contributed by atoms with Crippen LogP contribution in [0.3, 0.4) is 0 Å². The molecule has 0 spiro atoms. The van der Waals surface area contributed by atoms with Gasteiger partial charge in [-0.1, -0.05) is 32.1 Å². The van der Waals surface area contributed by atoms with Gasteiger partial charge in [0.15, 0.2) is 0 Å². The number of hydrogen-bond donors (Lipinski definition) is 2. The van der Waals surface area contributed by atoms with Crippen LogP contribution in [0, 0.1) is 5.92 Å². The van der Waals surface area contributed by atoms with E-state index in [0.29, 0.717) is 6.04 Å². The molecule has 0 radical (unpaired) electrons. The third kappa shape index (κ3) is 2.83. The second-order valence-electron chi connectivity index (χ2n) is 5.75. The van der Waals surface area contributed by atoms with Gasteiger partial charge in [0.25, 0.3) is 0 Å². The molecule has 2 fully saturated rings. The minimum absolute atomic E-state index is 0.0332. The lowest BCUT2D eigenvalue weighted by Gasteiger charge is -2.42. The molecule has 0 amide bonds. The van der Waals surface area contributed by atoms with Crippen LogP contribution in [-0.4, -0.2) is 18.2 Å². The van der Waals surface area contributed by atoms with E-state index in [1.165, 1.54) is 57.8 Å². The molecule has 3 heteroatoms. The number of hydrogen-bond acceptors (Lipinski definition) is 3. The third-order valence-corrected chi connectivity index (χ3v) is 4.75. The summed E-state index contributed by atoms with van der Waals surface area (Å²) in [6.45, 7) is 2.92. The summed E-state index contributed by atoms with van der Waals surface area (Å²) >= 11 is 0. The Labute approximate surface area is 105 Å². The van der Waals surface area contributed by atoms with Crippen LogP contribution in [0.1, 0.15) is 64.7 Å². The lowest BCUT2D eigenvalue weighted by atomic mass is 9.76. The van der Waals surface area contributed by atoms with E-state index in [1.807, 2.05) is 0 Å². The van der Waals surface area contributed by atoms with Gasteiger partial charge in [0.1, 0.15) is 0 Å². The van der Waals surface area contributed by atoms with Crippen LogP contribution in [0.2, 0.25) is 0 Å². The topological polar surface area (TPSA) is 47.3 Å². The zero-order chi connectivity index (χ0) is 12.1. The van der Waals surface area contributed by atoms with Gasteiger partial charge in [-0.05, 0) is 38.5 Å². The molecule has 1 atom stereocenters. The highest BCUT2D eigenvalue weighted by Crippen LogP contribution is 2.41. The molecule has 0 bridgehead atoms. The van der Waals surface area contributed by atoms with E-state index in [0.717, 1.165) is 12.5 Å². The fraction of sp³-hybridized carbons (Fsp3) is 1.00. The smallest absolute Gasteiger partial charge is 0.0850 e. The van der Waals surface area contributed by atoms with Crippen molar-refractivity contribution in [1.29, 1.82) is 0 Å². The quantitative estimate of drug-likeness (QED) is 0.574. The average Bonchev–Trinajstić information content (AvgIpc) is 2.81. The normalized spacial score (nSPS) is 27.2. The Bertz CT molecular complexity index is 220. The van der Waals surface area contributed by atoms with Gasteiger partial charge in [0.05, 0.1) is 11.6 Å². The first kappa shape index (κ1) is 13.3. The first-order chi connectivity index (χ1) is 8.32. The predicted octanol–water partition coefficient (Wildman–Crippen LogP) is 2.75. The molecule has 3 N–H and O–H groups in total. The van der Waals surface area contributed by atoms with Gasteiger partial charge in [-0.25, -0.2) is 0 Å². The number of rotatable bonds is 5. The molecule has 100 valence electrons. The van der Waals surface area contributed by atoms with Crippen molar-refractivity contribution >= 4 is 0 Å². The van der Waals surface area contributed by atoms with E-state index in [1.54, 1.807) is 0 Å². The number of hydrazine groups is 1. The minimum Gasteiger partial charge on any atom is -0.374 e. The first-order valence-corrected chi connectivity index (χ1v) is 7.42. The maximum Gasteiger partial charge on any atom is 0.0850 e. The first-order valence-electron chi connectivity index (χ1n) is 7.42. The van der Waals surface area contributed by atoms with Crippen molar-refractivity contribution < 1.29 is 4.74 Å². The van der Waals surface area contributed by atoms with Gasteiger partial charge in [0.2, 0.25) is 0 Å². The van der Waals surface area contributed by atoms with Crippen molar-refractivity contribution in [3.63, 3.8) is 0 Å². The van der Waals surface area contributed by atoms with Crippen molar-refractivity contribution in [3.8, 4) is 0 Å². The largest absolute Gasteiger partial charge is 0.374 e. The Morgan fingerprint density at radius 2 is 1.82 bits per heavy atom. The van der Waals surface area contributed by atoms with Crippen LogP contribution in [-0.2, 0) is 4.74 Å². The van der Waals surface area contributed by atoms with Gasteiger partial charge in [-0.3, -0.25) is 11.3 Å². The van der Waals surface area contributed by atoms with E-state index < -0.39 is 0 Å². The number of nitrogens with one attached hydrogen (secondary N) is 1. The summed E-state index contributed by atoms with van der Waals surface area (Å²) in [6, 6.07) is 0.366. The molecule has 2 aliphatic carbocycles. The van der Waals surface area contributed by atoms with Crippen LogP contribution in [0.4, 0.5) is 0 Å². The molecular formula is C14H28N2O. The summed E-state index contributed by atoms with van der Waals surface area (Å²) in [5, 5.41) is 0. The number of ether oxygens (including phenoxy) is 1. The lowest BCUT2D eigenvalue weighted by Crippen LogP contribution is -2.57. The van der Waals surface area contributed by atoms with Crippen LogP contribution < -0.4 is 11.3 Å². The van der Waals surface area contributed by atoms with E-state index >= 15 is 0 Å². The molecule has 0 aromatic heterocycles. The van der Waals surface area contributed by atoms with E-state index in [2.05, 4.69) is 12.3 Å². The zero-order valence-electron chi connectivity index (χ0n) is 11.2. The van der Waals surface area contributed by atoms with E-state index in [4.69, 9.17) is 10.6 Å². The molecule has 0 aromatic carbocycles. The maximum absolute atomic E-state index is 6.15. The molecule has 2 aliphatic rings. The second-order valence-corrected chi connectivity index (χ2v) is 5.75. The summed E-state index contributed by atoms with van der Waals surface area (Å²) in [4.78, 5) is 0. The highest BCUT2D eigenvalue weighted by Gasteiger charge is 2.45. The molecule has 2 rings (SSSR count). The summed E-state index contributed by atoms with van der Waals surface area (Å²) in [6.07, 6.45) is 11.7. The third-order valence-electron chi connectivity index (χ3n) is 4.75. The Balaban J connectivity index is 2.07. The van der Waals surface area contributed by atoms with Gasteiger partial charge in [-0.2, -0.15) is 0 Å². The van der Waals surface area contributed by atoms with E-state index in [-0.39, 0.29) is 5.60 Å². The Hall–Kier alpha value is -0.120. The second kappa shape index (κ2) is 6.17. The standard InChI is InChI=1S/C14H28N2O/c1-2-17-14(10-6-7-11-14)13(16-15)12-8-4-3-5-9-12/h12-13,16H,2-11,15H2,1H3. The molecule has 2 saturated carbocycles. The fourth-order valence-electron chi connectivity index (χ4n) is 3.99. The Morgan fingerprint density at radius 1 is 1.18 bits per heavy atom. The van der Waals surface area contributed by atoms with Crippen molar-refractivity contribution in [2.75, 3.05) is 6.61 Å². The van der Waals surface area contributed by atoms with Gasteiger partial charge >= 0.3 is 0 Å². The predicted molar refractivity (Wildman–Crippen MR) is 70.5 cm³/mol. The van der Waals surface area contributed by atoms with Crippen LogP contribution in [0.15, 0.2) is 0 Å². The van der Waals surface area contributed by atoms with Crippen molar-refractivity contribution in [2.24, 2.45) is 11.8 Å². The number of nitrogens with two attached hydrogens (primary N) is 1. The molecule has 0 heterocycles. The van der Waals surface area contributed by atoms with Crippen molar-refractivity contribution in [1.82, 2.24) is 5.43 Å². The van der Waals surface area contributed by atoms with Crippen LogP contribution >= 0.6 is 0 Å². The molecule has 0 aliphatic heterocycles. The highest BCUT2D eigenvalue weighted by molar-refractivity contribution is 4.99. The Kier molecular flexibility index (Phi) is 4.83. The van der Waals surface area contributed by atoms with Crippen LogP contribution in [0.25, 0.3) is 0 Å². The SMILES string of the molecule is CCOC1(C(NN)C2CCCCC2)CCCC1. The van der Waals surface area contributed by atoms with Crippen molar-refractivity contribution in [3.05, 3.63) is 0 Å². The van der Waals surface area contributed by atoms with Gasteiger partial charge in [-0.15, -0.1) is 0 Å². The maximum atomic E-state index is 6.15. The molecule has 1 unspecified atom stereocenters. The summed E-state index contributed by atoms with van der Waals surface area (Å²) in [5.74, 6) is 6.59. The van der Waals surface area contributed by atoms with Gasteiger partial charge in [0, 0.05) is 6.61 Å². The van der Waals surface area contributed by atoms with Crippen molar-refractivity contribution in [2.45, 2.75) is 76.4 Å². The fourth-order valence-corrected chi connectivity index (χ4v) is 3.99. The minimum atomic E-state index is 0.0332. The zero-order valence-corrected chi connectivity index (χ0v) is 11.2.